The number of hydrogen-bond donors (Lipinski definition) is 0. The van der Waals surface area contributed by atoms with Gasteiger partial charge in [0.15, 0.2) is 0 Å². The monoisotopic (exact) mass is 394 g/mol. The molecular formula is C27H22O3. The van der Waals surface area contributed by atoms with Crippen LogP contribution in [-0.4, -0.2) is 5.97 Å². The third kappa shape index (κ3) is 5.36. The standard InChI is InChI=1S/C27H22O3/c28-27(19-21-14-16-24(17-15-21)23-9-3-1-4-10-23)29-20-22-8-7-13-26(18-22)30-25-11-5-2-6-12-25/h1-18H,19-20H2. The van der Waals surface area contributed by atoms with Crippen LogP contribution in [0.25, 0.3) is 11.1 Å². The zero-order chi connectivity index (χ0) is 20.6. The summed E-state index contributed by atoms with van der Waals surface area (Å²) in [5.74, 6) is 1.23. The molecule has 0 bridgehead atoms. The zero-order valence-electron chi connectivity index (χ0n) is 16.5. The summed E-state index contributed by atoms with van der Waals surface area (Å²) in [6.07, 6.45) is 0.245. The molecule has 0 aliphatic rings. The van der Waals surface area contributed by atoms with Gasteiger partial charge in [0.25, 0.3) is 0 Å². The lowest BCUT2D eigenvalue weighted by Gasteiger charge is -2.09. The van der Waals surface area contributed by atoms with Gasteiger partial charge in [0.1, 0.15) is 18.1 Å². The molecule has 0 saturated heterocycles. The summed E-state index contributed by atoms with van der Waals surface area (Å²) >= 11 is 0. The molecule has 0 saturated carbocycles. The van der Waals surface area contributed by atoms with Crippen molar-refractivity contribution in [1.29, 1.82) is 0 Å². The van der Waals surface area contributed by atoms with E-state index in [9.17, 15) is 4.79 Å². The van der Waals surface area contributed by atoms with Crippen molar-refractivity contribution in [2.24, 2.45) is 0 Å². The van der Waals surface area contributed by atoms with Gasteiger partial charge in [0.2, 0.25) is 0 Å². The summed E-state index contributed by atoms with van der Waals surface area (Å²) < 4.78 is 11.3. The molecule has 0 amide bonds. The number of carbonyl (C=O) groups is 1. The van der Waals surface area contributed by atoms with Crippen LogP contribution in [0.3, 0.4) is 0 Å². The number of rotatable bonds is 7. The lowest BCUT2D eigenvalue weighted by atomic mass is 10.0. The van der Waals surface area contributed by atoms with Crippen LogP contribution in [-0.2, 0) is 22.6 Å². The van der Waals surface area contributed by atoms with E-state index in [0.29, 0.717) is 5.75 Å². The molecular weight excluding hydrogens is 372 g/mol. The highest BCUT2D eigenvalue weighted by Crippen LogP contribution is 2.22. The molecule has 0 aromatic heterocycles. The molecule has 0 fully saturated rings. The van der Waals surface area contributed by atoms with Gasteiger partial charge in [-0.1, -0.05) is 84.9 Å². The maximum Gasteiger partial charge on any atom is 0.310 e. The summed E-state index contributed by atoms with van der Waals surface area (Å²) in [5.41, 5.74) is 4.10. The molecule has 3 nitrogen and oxygen atoms in total. The average molecular weight is 394 g/mol. The Hall–Kier alpha value is -3.85. The van der Waals surface area contributed by atoms with Crippen LogP contribution in [0.15, 0.2) is 109 Å². The van der Waals surface area contributed by atoms with Gasteiger partial charge in [-0.2, -0.15) is 0 Å². The van der Waals surface area contributed by atoms with Crippen molar-refractivity contribution in [2.45, 2.75) is 13.0 Å². The van der Waals surface area contributed by atoms with Crippen LogP contribution in [0.4, 0.5) is 0 Å². The van der Waals surface area contributed by atoms with Gasteiger partial charge in [-0.3, -0.25) is 4.79 Å². The number of benzene rings is 4. The van der Waals surface area contributed by atoms with Gasteiger partial charge < -0.3 is 9.47 Å². The first-order valence-electron chi connectivity index (χ1n) is 9.88. The Morgan fingerprint density at radius 3 is 1.97 bits per heavy atom. The van der Waals surface area contributed by atoms with Crippen molar-refractivity contribution in [3.05, 3.63) is 120 Å². The Bertz CT molecular complexity index is 1090. The SMILES string of the molecule is O=C(Cc1ccc(-c2ccccc2)cc1)OCc1cccc(Oc2ccccc2)c1. The molecule has 30 heavy (non-hydrogen) atoms. The molecule has 0 N–H and O–H groups in total. The predicted molar refractivity (Wildman–Crippen MR) is 118 cm³/mol. The van der Waals surface area contributed by atoms with E-state index in [1.165, 1.54) is 0 Å². The Morgan fingerprint density at radius 2 is 1.23 bits per heavy atom. The molecule has 0 aliphatic heterocycles. The minimum absolute atomic E-state index is 0.215. The largest absolute Gasteiger partial charge is 0.461 e. The summed E-state index contributed by atoms with van der Waals surface area (Å²) in [6.45, 7) is 0.215. The predicted octanol–water partition coefficient (Wildman–Crippen LogP) is 6.43. The molecule has 148 valence electrons. The summed E-state index contributed by atoms with van der Waals surface area (Å²) in [7, 11) is 0. The van der Waals surface area contributed by atoms with Crippen molar-refractivity contribution in [2.75, 3.05) is 0 Å². The van der Waals surface area contributed by atoms with Crippen LogP contribution < -0.4 is 4.74 Å². The van der Waals surface area contributed by atoms with E-state index in [1.807, 2.05) is 97.1 Å². The number of hydrogen-bond acceptors (Lipinski definition) is 3. The fraction of sp³-hybridized carbons (Fsp3) is 0.0741. The van der Waals surface area contributed by atoms with Crippen molar-refractivity contribution in [3.63, 3.8) is 0 Å². The molecule has 4 rings (SSSR count). The third-order valence-corrected chi connectivity index (χ3v) is 4.69. The summed E-state index contributed by atoms with van der Waals surface area (Å²) in [4.78, 5) is 12.3. The van der Waals surface area contributed by atoms with Crippen molar-refractivity contribution in [1.82, 2.24) is 0 Å². The van der Waals surface area contributed by atoms with Crippen molar-refractivity contribution >= 4 is 5.97 Å². The molecule has 0 heterocycles. The van der Waals surface area contributed by atoms with E-state index in [4.69, 9.17) is 9.47 Å². The Balaban J connectivity index is 1.31. The van der Waals surface area contributed by atoms with Crippen molar-refractivity contribution in [3.8, 4) is 22.6 Å². The van der Waals surface area contributed by atoms with E-state index in [1.54, 1.807) is 0 Å². The van der Waals surface area contributed by atoms with Gasteiger partial charge in [-0.05, 0) is 46.5 Å². The normalized spacial score (nSPS) is 10.4. The quantitative estimate of drug-likeness (QED) is 0.339. The lowest BCUT2D eigenvalue weighted by molar-refractivity contribution is -0.144. The van der Waals surface area contributed by atoms with Gasteiger partial charge in [-0.15, -0.1) is 0 Å². The van der Waals surface area contributed by atoms with Crippen LogP contribution >= 0.6 is 0 Å². The maximum atomic E-state index is 12.3. The topological polar surface area (TPSA) is 35.5 Å². The van der Waals surface area contributed by atoms with Crippen LogP contribution in [0.1, 0.15) is 11.1 Å². The second-order valence-corrected chi connectivity index (χ2v) is 6.96. The molecule has 0 atom stereocenters. The maximum absolute atomic E-state index is 12.3. The lowest BCUT2D eigenvalue weighted by Crippen LogP contribution is -2.08. The van der Waals surface area contributed by atoms with Gasteiger partial charge in [-0.25, -0.2) is 0 Å². The highest BCUT2D eigenvalue weighted by molar-refractivity contribution is 5.73. The molecule has 0 aliphatic carbocycles. The van der Waals surface area contributed by atoms with E-state index >= 15 is 0 Å². The minimum Gasteiger partial charge on any atom is -0.461 e. The smallest absolute Gasteiger partial charge is 0.310 e. The molecule has 4 aromatic rings. The molecule has 0 radical (unpaired) electrons. The van der Waals surface area contributed by atoms with Crippen molar-refractivity contribution < 1.29 is 14.3 Å². The molecule has 4 aromatic carbocycles. The fourth-order valence-electron chi connectivity index (χ4n) is 3.15. The number of para-hydroxylation sites is 1. The number of esters is 1. The van der Waals surface area contributed by atoms with Gasteiger partial charge in [0.05, 0.1) is 6.42 Å². The highest BCUT2D eigenvalue weighted by Gasteiger charge is 2.07. The highest BCUT2D eigenvalue weighted by atomic mass is 16.5. The summed E-state index contributed by atoms with van der Waals surface area (Å²) in [5, 5.41) is 0. The second kappa shape index (κ2) is 9.57. The Labute approximate surface area is 176 Å². The second-order valence-electron chi connectivity index (χ2n) is 6.96. The zero-order valence-corrected chi connectivity index (χ0v) is 16.5. The van der Waals surface area contributed by atoms with Gasteiger partial charge >= 0.3 is 5.97 Å². The van der Waals surface area contributed by atoms with E-state index < -0.39 is 0 Å². The third-order valence-electron chi connectivity index (χ3n) is 4.69. The average Bonchev–Trinajstić information content (AvgIpc) is 2.80. The van der Waals surface area contributed by atoms with Crippen LogP contribution in [0.5, 0.6) is 11.5 Å². The van der Waals surface area contributed by atoms with E-state index in [2.05, 4.69) is 12.1 Å². The Morgan fingerprint density at radius 1 is 0.600 bits per heavy atom. The van der Waals surface area contributed by atoms with Crippen LogP contribution in [0, 0.1) is 0 Å². The van der Waals surface area contributed by atoms with Gasteiger partial charge in [0, 0.05) is 0 Å². The number of ether oxygens (including phenoxy) is 2. The first kappa shape index (κ1) is 19.5. The van der Waals surface area contributed by atoms with E-state index in [-0.39, 0.29) is 19.0 Å². The first-order valence-corrected chi connectivity index (χ1v) is 9.88. The molecule has 0 unspecified atom stereocenters. The molecule has 0 spiro atoms. The minimum atomic E-state index is -0.253. The fourth-order valence-corrected chi connectivity index (χ4v) is 3.15. The Kier molecular flexibility index (Phi) is 6.21. The number of carbonyl (C=O) groups excluding carboxylic acids is 1. The van der Waals surface area contributed by atoms with Crippen LogP contribution in [0.2, 0.25) is 0 Å². The van der Waals surface area contributed by atoms with E-state index in [0.717, 1.165) is 28.0 Å². The molecule has 3 heteroatoms. The summed E-state index contributed by atoms with van der Waals surface area (Å²) in [6, 6.07) is 35.3. The first-order chi connectivity index (χ1) is 14.8.